The number of nitrogens with zero attached hydrogens (tertiary/aromatic N) is 2. The molecule has 2 aromatic rings. The summed E-state index contributed by atoms with van der Waals surface area (Å²) in [5.74, 6) is 0.0384. The van der Waals surface area contributed by atoms with Gasteiger partial charge in [-0.2, -0.15) is 0 Å². The highest BCUT2D eigenvalue weighted by Gasteiger charge is 2.19. The Morgan fingerprint density at radius 3 is 2.50 bits per heavy atom. The van der Waals surface area contributed by atoms with Crippen LogP contribution in [0.2, 0.25) is 0 Å². The SMILES string of the molecule is COCCN(Cc1cccnc1)C(=O)c1c(C)cccc1C. The van der Waals surface area contributed by atoms with E-state index in [1.807, 2.05) is 49.1 Å². The van der Waals surface area contributed by atoms with Gasteiger partial charge in [-0.05, 0) is 36.6 Å². The largest absolute Gasteiger partial charge is 0.383 e. The second-order valence-electron chi connectivity index (χ2n) is 5.35. The molecule has 0 aliphatic carbocycles. The molecule has 1 aromatic carbocycles. The second-order valence-corrected chi connectivity index (χ2v) is 5.35. The predicted octanol–water partition coefficient (Wildman–Crippen LogP) is 2.99. The molecule has 0 unspecified atom stereocenters. The summed E-state index contributed by atoms with van der Waals surface area (Å²) in [7, 11) is 1.64. The molecule has 0 bridgehead atoms. The molecule has 0 aliphatic rings. The highest BCUT2D eigenvalue weighted by Crippen LogP contribution is 2.17. The molecule has 0 fully saturated rings. The van der Waals surface area contributed by atoms with Crippen molar-refractivity contribution in [2.75, 3.05) is 20.3 Å². The minimum atomic E-state index is 0.0384. The Hall–Kier alpha value is -2.20. The van der Waals surface area contributed by atoms with E-state index in [4.69, 9.17) is 4.74 Å². The van der Waals surface area contributed by atoms with Gasteiger partial charge in [-0.15, -0.1) is 0 Å². The van der Waals surface area contributed by atoms with Crippen LogP contribution in [0.1, 0.15) is 27.0 Å². The predicted molar refractivity (Wildman–Crippen MR) is 86.8 cm³/mol. The van der Waals surface area contributed by atoms with Gasteiger partial charge >= 0.3 is 0 Å². The maximum Gasteiger partial charge on any atom is 0.254 e. The van der Waals surface area contributed by atoms with E-state index in [0.717, 1.165) is 22.3 Å². The number of benzene rings is 1. The maximum absolute atomic E-state index is 12.9. The fourth-order valence-corrected chi connectivity index (χ4v) is 2.48. The van der Waals surface area contributed by atoms with Crippen LogP contribution in [0, 0.1) is 13.8 Å². The lowest BCUT2D eigenvalue weighted by Crippen LogP contribution is -2.34. The third kappa shape index (κ3) is 3.92. The Morgan fingerprint density at radius 2 is 1.91 bits per heavy atom. The fourth-order valence-electron chi connectivity index (χ4n) is 2.48. The van der Waals surface area contributed by atoms with Crippen molar-refractivity contribution >= 4 is 5.91 Å². The molecule has 0 aliphatic heterocycles. The first-order valence-corrected chi connectivity index (χ1v) is 7.37. The van der Waals surface area contributed by atoms with E-state index in [0.29, 0.717) is 19.7 Å². The molecule has 4 heteroatoms. The van der Waals surface area contributed by atoms with Crippen molar-refractivity contribution in [1.82, 2.24) is 9.88 Å². The molecule has 4 nitrogen and oxygen atoms in total. The summed E-state index contributed by atoms with van der Waals surface area (Å²) in [5.41, 5.74) is 3.79. The van der Waals surface area contributed by atoms with Gasteiger partial charge in [0.25, 0.3) is 5.91 Å². The number of methoxy groups -OCH3 is 1. The minimum Gasteiger partial charge on any atom is -0.383 e. The summed E-state index contributed by atoms with van der Waals surface area (Å²) in [6, 6.07) is 9.78. The van der Waals surface area contributed by atoms with Crippen molar-refractivity contribution in [3.63, 3.8) is 0 Å². The van der Waals surface area contributed by atoms with Gasteiger partial charge in [0, 0.05) is 38.2 Å². The van der Waals surface area contributed by atoms with E-state index in [9.17, 15) is 4.79 Å². The molecule has 0 saturated heterocycles. The van der Waals surface area contributed by atoms with Crippen LogP contribution in [0.3, 0.4) is 0 Å². The zero-order valence-corrected chi connectivity index (χ0v) is 13.4. The average Bonchev–Trinajstić information content (AvgIpc) is 2.52. The first-order valence-electron chi connectivity index (χ1n) is 7.37. The number of hydrogen-bond acceptors (Lipinski definition) is 3. The van der Waals surface area contributed by atoms with Crippen LogP contribution < -0.4 is 0 Å². The van der Waals surface area contributed by atoms with Gasteiger partial charge in [0.2, 0.25) is 0 Å². The molecule has 1 aromatic heterocycles. The van der Waals surface area contributed by atoms with Crippen LogP contribution >= 0.6 is 0 Å². The molecular weight excluding hydrogens is 276 g/mol. The fraction of sp³-hybridized carbons (Fsp3) is 0.333. The molecule has 0 saturated carbocycles. The van der Waals surface area contributed by atoms with Gasteiger partial charge in [0.05, 0.1) is 6.61 Å². The molecule has 2 rings (SSSR count). The zero-order chi connectivity index (χ0) is 15.9. The lowest BCUT2D eigenvalue weighted by Gasteiger charge is -2.24. The number of ether oxygens (including phenoxy) is 1. The van der Waals surface area contributed by atoms with Gasteiger partial charge in [-0.3, -0.25) is 9.78 Å². The number of aromatic nitrogens is 1. The van der Waals surface area contributed by atoms with Crippen LogP contribution in [-0.2, 0) is 11.3 Å². The summed E-state index contributed by atoms with van der Waals surface area (Å²) in [4.78, 5) is 18.9. The Balaban J connectivity index is 2.26. The molecule has 0 atom stereocenters. The molecule has 22 heavy (non-hydrogen) atoms. The molecule has 0 spiro atoms. The number of carbonyl (C=O) groups excluding carboxylic acids is 1. The maximum atomic E-state index is 12.9. The van der Waals surface area contributed by atoms with E-state index < -0.39 is 0 Å². The van der Waals surface area contributed by atoms with Crippen LogP contribution in [0.5, 0.6) is 0 Å². The number of aryl methyl sites for hydroxylation is 2. The smallest absolute Gasteiger partial charge is 0.254 e. The number of amides is 1. The minimum absolute atomic E-state index is 0.0384. The monoisotopic (exact) mass is 298 g/mol. The molecule has 1 heterocycles. The van der Waals surface area contributed by atoms with Crippen molar-refractivity contribution in [2.45, 2.75) is 20.4 Å². The highest BCUT2D eigenvalue weighted by atomic mass is 16.5. The van der Waals surface area contributed by atoms with Crippen LogP contribution in [0.4, 0.5) is 0 Å². The summed E-state index contributed by atoms with van der Waals surface area (Å²) >= 11 is 0. The van der Waals surface area contributed by atoms with Crippen molar-refractivity contribution < 1.29 is 9.53 Å². The standard InChI is InChI=1S/C18H22N2O2/c1-14-6-4-7-15(2)17(14)18(21)20(10-11-22-3)13-16-8-5-9-19-12-16/h4-9,12H,10-11,13H2,1-3H3. The van der Waals surface area contributed by atoms with E-state index >= 15 is 0 Å². The Labute approximate surface area is 131 Å². The van der Waals surface area contributed by atoms with Gasteiger partial charge in [0.1, 0.15) is 0 Å². The van der Waals surface area contributed by atoms with Crippen LogP contribution in [-0.4, -0.2) is 36.1 Å². The molecule has 116 valence electrons. The summed E-state index contributed by atoms with van der Waals surface area (Å²) in [5, 5.41) is 0. The number of pyridine rings is 1. The zero-order valence-electron chi connectivity index (χ0n) is 13.4. The first kappa shape index (κ1) is 16.2. The van der Waals surface area contributed by atoms with E-state index in [1.165, 1.54) is 0 Å². The van der Waals surface area contributed by atoms with Crippen LogP contribution in [0.15, 0.2) is 42.7 Å². The van der Waals surface area contributed by atoms with Crippen molar-refractivity contribution in [2.24, 2.45) is 0 Å². The molecular formula is C18H22N2O2. The third-order valence-corrected chi connectivity index (χ3v) is 3.64. The molecule has 0 N–H and O–H groups in total. The normalized spacial score (nSPS) is 10.5. The molecule has 0 radical (unpaired) electrons. The van der Waals surface area contributed by atoms with Gasteiger partial charge in [0.15, 0.2) is 0 Å². The van der Waals surface area contributed by atoms with Crippen molar-refractivity contribution in [3.05, 3.63) is 65.0 Å². The lowest BCUT2D eigenvalue weighted by atomic mass is 10.0. The Kier molecular flexibility index (Phi) is 5.67. The number of rotatable bonds is 6. The summed E-state index contributed by atoms with van der Waals surface area (Å²) in [6.07, 6.45) is 3.52. The quantitative estimate of drug-likeness (QED) is 0.823. The van der Waals surface area contributed by atoms with Crippen LogP contribution in [0.25, 0.3) is 0 Å². The van der Waals surface area contributed by atoms with Crippen molar-refractivity contribution in [1.29, 1.82) is 0 Å². The average molecular weight is 298 g/mol. The second kappa shape index (κ2) is 7.71. The lowest BCUT2D eigenvalue weighted by molar-refractivity contribution is 0.0679. The highest BCUT2D eigenvalue weighted by molar-refractivity contribution is 5.97. The van der Waals surface area contributed by atoms with Crippen molar-refractivity contribution in [3.8, 4) is 0 Å². The summed E-state index contributed by atoms with van der Waals surface area (Å²) < 4.78 is 5.15. The van der Waals surface area contributed by atoms with E-state index in [-0.39, 0.29) is 5.91 Å². The Bertz CT molecular complexity index is 606. The van der Waals surface area contributed by atoms with Gasteiger partial charge in [-0.1, -0.05) is 24.3 Å². The summed E-state index contributed by atoms with van der Waals surface area (Å²) in [6.45, 7) is 5.54. The Morgan fingerprint density at radius 1 is 1.18 bits per heavy atom. The topological polar surface area (TPSA) is 42.4 Å². The third-order valence-electron chi connectivity index (χ3n) is 3.64. The number of hydrogen-bond donors (Lipinski definition) is 0. The molecule has 1 amide bonds. The number of carbonyl (C=O) groups is 1. The first-order chi connectivity index (χ1) is 10.6. The van der Waals surface area contributed by atoms with E-state index in [2.05, 4.69) is 4.98 Å². The van der Waals surface area contributed by atoms with Gasteiger partial charge < -0.3 is 9.64 Å². The van der Waals surface area contributed by atoms with Gasteiger partial charge in [-0.25, -0.2) is 0 Å². The van der Waals surface area contributed by atoms with E-state index in [1.54, 1.807) is 19.5 Å².